The summed E-state index contributed by atoms with van der Waals surface area (Å²) in [6, 6.07) is 0. The summed E-state index contributed by atoms with van der Waals surface area (Å²) in [6.45, 7) is 0.122. The third kappa shape index (κ3) is 3.26. The molecule has 0 amide bonds. The summed E-state index contributed by atoms with van der Waals surface area (Å²) in [5.41, 5.74) is 0. The molecule has 0 aromatic heterocycles. The Hall–Kier alpha value is -1.22. The molecule has 0 saturated heterocycles. The molecule has 14 heavy (non-hydrogen) atoms. The van der Waals surface area contributed by atoms with Gasteiger partial charge in [0.05, 0.1) is 0 Å². The van der Waals surface area contributed by atoms with Gasteiger partial charge in [0.25, 0.3) is 0 Å². The number of aliphatic hydroxyl groups excluding tert-OH is 2. The first-order chi connectivity index (χ1) is 6.88. The molecule has 0 fully saturated rings. The lowest BCUT2D eigenvalue weighted by molar-refractivity contribution is 0.125. The van der Waals surface area contributed by atoms with Crippen molar-refractivity contribution in [2.24, 2.45) is 11.8 Å². The molecule has 1 aliphatic carbocycles. The normalized spacial score (nSPS) is 27.9. The van der Waals surface area contributed by atoms with E-state index in [0.717, 1.165) is 0 Å². The summed E-state index contributed by atoms with van der Waals surface area (Å²) in [5, 5.41) is 18.3. The van der Waals surface area contributed by atoms with Gasteiger partial charge in [0.15, 0.2) is 0 Å². The van der Waals surface area contributed by atoms with Crippen LogP contribution < -0.4 is 0 Å². The smallest absolute Gasteiger partial charge is 0.0472 e. The van der Waals surface area contributed by atoms with Gasteiger partial charge in [-0.25, -0.2) is 0 Å². The van der Waals surface area contributed by atoms with Crippen molar-refractivity contribution in [3.63, 3.8) is 0 Å². The van der Waals surface area contributed by atoms with Gasteiger partial charge in [-0.1, -0.05) is 23.7 Å². The molecule has 0 bridgehead atoms. The zero-order valence-electron chi connectivity index (χ0n) is 8.03. The molecular formula is C12H14O2. The fraction of sp³-hybridized carbons (Fsp3) is 0.500. The highest BCUT2D eigenvalue weighted by Gasteiger charge is 2.18. The van der Waals surface area contributed by atoms with Crippen LogP contribution in [0.3, 0.4) is 0 Å². The standard InChI is InChI=1S/C12H14O2/c13-9-11-7-5-3-1-2-4-6-8-12(11)10-14/h1-2,11-14H,7-10H2/b2-1-/t11-,12-/m1/s1. The summed E-state index contributed by atoms with van der Waals surface area (Å²) in [7, 11) is 0. The van der Waals surface area contributed by atoms with Crippen molar-refractivity contribution in [1.29, 1.82) is 0 Å². The lowest BCUT2D eigenvalue weighted by Gasteiger charge is -2.19. The van der Waals surface area contributed by atoms with Gasteiger partial charge in [-0.2, -0.15) is 0 Å². The fourth-order valence-corrected chi connectivity index (χ4v) is 1.34. The molecule has 0 aliphatic heterocycles. The van der Waals surface area contributed by atoms with E-state index in [1.165, 1.54) is 0 Å². The first kappa shape index (κ1) is 10.9. The predicted octanol–water partition coefficient (Wildman–Crippen LogP) is 0.560. The molecule has 0 aromatic rings. The Balaban J connectivity index is 2.74. The molecule has 0 radical (unpaired) electrons. The number of hydrogen-bond donors (Lipinski definition) is 2. The van der Waals surface area contributed by atoms with E-state index in [0.29, 0.717) is 12.8 Å². The minimum atomic E-state index is 0.0355. The molecule has 1 rings (SSSR count). The van der Waals surface area contributed by atoms with Gasteiger partial charge in [-0.15, -0.1) is 0 Å². The lowest BCUT2D eigenvalue weighted by atomic mass is 9.88. The van der Waals surface area contributed by atoms with Crippen LogP contribution in [0.2, 0.25) is 0 Å². The highest BCUT2D eigenvalue weighted by molar-refractivity contribution is 5.25. The summed E-state index contributed by atoms with van der Waals surface area (Å²) >= 11 is 0. The summed E-state index contributed by atoms with van der Waals surface area (Å²) < 4.78 is 0. The lowest BCUT2D eigenvalue weighted by Crippen LogP contribution is -2.21. The second-order valence-electron chi connectivity index (χ2n) is 3.27. The highest BCUT2D eigenvalue weighted by Crippen LogP contribution is 2.18. The summed E-state index contributed by atoms with van der Waals surface area (Å²) in [5.74, 6) is 11.6. The van der Waals surface area contributed by atoms with Crippen LogP contribution in [-0.2, 0) is 0 Å². The van der Waals surface area contributed by atoms with Gasteiger partial charge in [0.1, 0.15) is 0 Å². The van der Waals surface area contributed by atoms with Crippen LogP contribution in [0.25, 0.3) is 0 Å². The number of hydrogen-bond acceptors (Lipinski definition) is 2. The maximum atomic E-state index is 9.13. The average molecular weight is 190 g/mol. The Morgan fingerprint density at radius 1 is 0.929 bits per heavy atom. The van der Waals surface area contributed by atoms with Crippen LogP contribution in [0.1, 0.15) is 12.8 Å². The van der Waals surface area contributed by atoms with E-state index in [9.17, 15) is 0 Å². The van der Waals surface area contributed by atoms with E-state index in [1.807, 2.05) is 0 Å². The number of aliphatic hydroxyl groups is 2. The first-order valence-corrected chi connectivity index (χ1v) is 4.72. The number of rotatable bonds is 2. The summed E-state index contributed by atoms with van der Waals surface area (Å²) in [4.78, 5) is 0. The molecule has 2 nitrogen and oxygen atoms in total. The predicted molar refractivity (Wildman–Crippen MR) is 55.1 cm³/mol. The van der Waals surface area contributed by atoms with Gasteiger partial charge < -0.3 is 10.2 Å². The van der Waals surface area contributed by atoms with Crippen molar-refractivity contribution in [3.05, 3.63) is 12.2 Å². The molecular weight excluding hydrogens is 176 g/mol. The zero-order chi connectivity index (χ0) is 10.2. The van der Waals surface area contributed by atoms with Crippen molar-refractivity contribution in [2.75, 3.05) is 13.2 Å². The molecule has 2 N–H and O–H groups in total. The Morgan fingerprint density at radius 2 is 1.36 bits per heavy atom. The van der Waals surface area contributed by atoms with E-state index >= 15 is 0 Å². The van der Waals surface area contributed by atoms with Crippen LogP contribution in [0.4, 0.5) is 0 Å². The second-order valence-corrected chi connectivity index (χ2v) is 3.27. The fourth-order valence-electron chi connectivity index (χ4n) is 1.34. The van der Waals surface area contributed by atoms with Crippen molar-refractivity contribution in [2.45, 2.75) is 12.8 Å². The Morgan fingerprint density at radius 3 is 1.71 bits per heavy atom. The SMILES string of the molecule is OC[C@H]1CC#C/C=C\C#CC[C@@H]1CO. The maximum absolute atomic E-state index is 9.13. The Bertz CT molecular complexity index is 277. The first-order valence-electron chi connectivity index (χ1n) is 4.72. The molecule has 0 unspecified atom stereocenters. The zero-order valence-corrected chi connectivity index (χ0v) is 8.03. The minimum absolute atomic E-state index is 0.0355. The molecule has 0 saturated carbocycles. The van der Waals surface area contributed by atoms with Gasteiger partial charge in [0.2, 0.25) is 0 Å². The maximum Gasteiger partial charge on any atom is 0.0472 e. The van der Waals surface area contributed by atoms with Crippen LogP contribution >= 0.6 is 0 Å². The van der Waals surface area contributed by atoms with E-state index in [1.54, 1.807) is 12.2 Å². The molecule has 0 aromatic carbocycles. The monoisotopic (exact) mass is 190 g/mol. The van der Waals surface area contributed by atoms with Crippen molar-refractivity contribution in [3.8, 4) is 23.7 Å². The van der Waals surface area contributed by atoms with Gasteiger partial charge in [0, 0.05) is 26.1 Å². The second kappa shape index (κ2) is 6.27. The van der Waals surface area contributed by atoms with Gasteiger partial charge in [-0.3, -0.25) is 0 Å². The molecule has 0 heterocycles. The topological polar surface area (TPSA) is 40.5 Å². The van der Waals surface area contributed by atoms with Crippen LogP contribution in [0.15, 0.2) is 12.2 Å². The van der Waals surface area contributed by atoms with E-state index < -0.39 is 0 Å². The van der Waals surface area contributed by atoms with Gasteiger partial charge in [-0.05, 0) is 24.0 Å². The third-order valence-corrected chi connectivity index (χ3v) is 2.32. The quantitative estimate of drug-likeness (QED) is 0.625. The third-order valence-electron chi connectivity index (χ3n) is 2.32. The minimum Gasteiger partial charge on any atom is -0.396 e. The molecule has 74 valence electrons. The molecule has 1 aliphatic rings. The number of allylic oxidation sites excluding steroid dienone is 2. The molecule has 2 atom stereocenters. The van der Waals surface area contributed by atoms with Crippen molar-refractivity contribution < 1.29 is 10.2 Å². The van der Waals surface area contributed by atoms with Crippen LogP contribution in [0.5, 0.6) is 0 Å². The van der Waals surface area contributed by atoms with E-state index in [4.69, 9.17) is 10.2 Å². The Labute approximate surface area is 84.6 Å². The molecule has 2 heteroatoms. The summed E-state index contributed by atoms with van der Waals surface area (Å²) in [6.07, 6.45) is 4.66. The van der Waals surface area contributed by atoms with E-state index in [2.05, 4.69) is 23.7 Å². The van der Waals surface area contributed by atoms with Crippen LogP contribution in [-0.4, -0.2) is 23.4 Å². The van der Waals surface area contributed by atoms with E-state index in [-0.39, 0.29) is 25.0 Å². The molecule has 0 spiro atoms. The van der Waals surface area contributed by atoms with Crippen molar-refractivity contribution in [1.82, 2.24) is 0 Å². The van der Waals surface area contributed by atoms with Gasteiger partial charge >= 0.3 is 0 Å². The van der Waals surface area contributed by atoms with Crippen LogP contribution in [0, 0.1) is 35.5 Å². The largest absolute Gasteiger partial charge is 0.396 e. The average Bonchev–Trinajstić information content (AvgIpc) is 2.24. The highest BCUT2D eigenvalue weighted by atomic mass is 16.3. The Kier molecular flexibility index (Phi) is 4.86. The van der Waals surface area contributed by atoms with Crippen molar-refractivity contribution >= 4 is 0 Å².